The predicted molar refractivity (Wildman–Crippen MR) is 68.1 cm³/mol. The van der Waals surface area contributed by atoms with Gasteiger partial charge in [0, 0.05) is 38.3 Å². The van der Waals surface area contributed by atoms with Gasteiger partial charge in [-0.2, -0.15) is 0 Å². The summed E-state index contributed by atoms with van der Waals surface area (Å²) in [5.74, 6) is -3.25. The maximum absolute atomic E-state index is 13.4. The number of aliphatic hydroxyl groups excluding tert-OH is 1. The molecule has 4 nitrogen and oxygen atoms in total. The Balaban J connectivity index is 1.83. The molecule has 1 heterocycles. The molecule has 7 heteroatoms. The van der Waals surface area contributed by atoms with Crippen LogP contribution in [-0.2, 0) is 4.74 Å². The minimum Gasteiger partial charge on any atom is -0.390 e. The summed E-state index contributed by atoms with van der Waals surface area (Å²) < 4.78 is 44.3. The Morgan fingerprint density at radius 2 is 1.80 bits per heavy atom. The Labute approximate surface area is 115 Å². The SMILES string of the molecule is OC(CNc1cc(F)c(F)cc1F)CN1CCOCC1. The summed E-state index contributed by atoms with van der Waals surface area (Å²) in [6, 6.07) is 1.22. The second kappa shape index (κ2) is 6.92. The zero-order valence-electron chi connectivity index (χ0n) is 10.9. The fraction of sp³-hybridized carbons (Fsp3) is 0.538. The molecule has 2 rings (SSSR count). The molecule has 2 N–H and O–H groups in total. The summed E-state index contributed by atoms with van der Waals surface area (Å²) in [5, 5.41) is 12.4. The molecule has 1 atom stereocenters. The molecule has 1 saturated heterocycles. The lowest BCUT2D eigenvalue weighted by Crippen LogP contribution is -2.42. The molecule has 112 valence electrons. The molecular weight excluding hydrogens is 273 g/mol. The van der Waals surface area contributed by atoms with Crippen LogP contribution < -0.4 is 5.32 Å². The Morgan fingerprint density at radius 3 is 2.50 bits per heavy atom. The second-order valence-corrected chi connectivity index (χ2v) is 4.69. The second-order valence-electron chi connectivity index (χ2n) is 4.69. The van der Waals surface area contributed by atoms with Crippen molar-refractivity contribution in [3.05, 3.63) is 29.6 Å². The highest BCUT2D eigenvalue weighted by Gasteiger charge is 2.16. The summed E-state index contributed by atoms with van der Waals surface area (Å²) in [4.78, 5) is 2.03. The topological polar surface area (TPSA) is 44.7 Å². The molecule has 0 aliphatic carbocycles. The van der Waals surface area contributed by atoms with E-state index in [1.54, 1.807) is 0 Å². The minimum absolute atomic E-state index is 0.0549. The van der Waals surface area contributed by atoms with E-state index in [4.69, 9.17) is 4.74 Å². The van der Waals surface area contributed by atoms with E-state index >= 15 is 0 Å². The molecule has 1 aliphatic heterocycles. The van der Waals surface area contributed by atoms with Crippen molar-refractivity contribution in [2.75, 3.05) is 44.7 Å². The van der Waals surface area contributed by atoms with Crippen LogP contribution in [0.15, 0.2) is 12.1 Å². The number of ether oxygens (including phenoxy) is 1. The molecule has 0 spiro atoms. The van der Waals surface area contributed by atoms with Gasteiger partial charge in [0.25, 0.3) is 0 Å². The van der Waals surface area contributed by atoms with Gasteiger partial charge in [0.1, 0.15) is 5.82 Å². The van der Waals surface area contributed by atoms with Gasteiger partial charge >= 0.3 is 0 Å². The number of hydrogen-bond acceptors (Lipinski definition) is 4. The van der Waals surface area contributed by atoms with Gasteiger partial charge in [-0.15, -0.1) is 0 Å². The van der Waals surface area contributed by atoms with Gasteiger partial charge in [0.05, 0.1) is 25.0 Å². The third-order valence-corrected chi connectivity index (χ3v) is 3.11. The number of halogens is 3. The third-order valence-electron chi connectivity index (χ3n) is 3.11. The van der Waals surface area contributed by atoms with E-state index in [0.29, 0.717) is 25.8 Å². The molecule has 20 heavy (non-hydrogen) atoms. The highest BCUT2D eigenvalue weighted by molar-refractivity contribution is 5.45. The van der Waals surface area contributed by atoms with Crippen molar-refractivity contribution in [2.24, 2.45) is 0 Å². The number of nitrogens with zero attached hydrogens (tertiary/aromatic N) is 1. The fourth-order valence-corrected chi connectivity index (χ4v) is 2.03. The number of rotatable bonds is 5. The number of morpholine rings is 1. The number of benzene rings is 1. The Bertz CT molecular complexity index is 453. The average molecular weight is 290 g/mol. The standard InChI is InChI=1S/C13H17F3N2O2/c14-10-5-12(16)13(6-11(10)15)17-7-9(19)8-18-1-3-20-4-2-18/h5-6,9,17,19H,1-4,7-8H2. The maximum Gasteiger partial charge on any atom is 0.161 e. The molecule has 0 aromatic heterocycles. The van der Waals surface area contributed by atoms with Gasteiger partial charge < -0.3 is 15.2 Å². The van der Waals surface area contributed by atoms with Gasteiger partial charge in [-0.1, -0.05) is 0 Å². The normalized spacial score (nSPS) is 18.0. The highest BCUT2D eigenvalue weighted by atomic mass is 19.2. The first-order valence-electron chi connectivity index (χ1n) is 6.43. The lowest BCUT2D eigenvalue weighted by molar-refractivity contribution is 0.0171. The molecule has 1 unspecified atom stereocenters. The summed E-state index contributed by atoms with van der Waals surface area (Å²) in [5.41, 5.74) is -0.162. The Kier molecular flexibility index (Phi) is 5.22. The summed E-state index contributed by atoms with van der Waals surface area (Å²) in [6.45, 7) is 3.18. The first-order chi connectivity index (χ1) is 9.56. The summed E-state index contributed by atoms with van der Waals surface area (Å²) >= 11 is 0. The van der Waals surface area contributed by atoms with Crippen LogP contribution >= 0.6 is 0 Å². The molecule has 0 saturated carbocycles. The number of β-amino-alcohol motifs (C(OH)–C–C–N with tert-alkyl or cyclic N) is 1. The van der Waals surface area contributed by atoms with E-state index in [-0.39, 0.29) is 12.2 Å². The maximum atomic E-state index is 13.4. The lowest BCUT2D eigenvalue weighted by Gasteiger charge is -2.28. The van der Waals surface area contributed by atoms with Gasteiger partial charge in [-0.25, -0.2) is 13.2 Å². The van der Waals surface area contributed by atoms with Crippen molar-refractivity contribution < 1.29 is 23.0 Å². The van der Waals surface area contributed by atoms with Gasteiger partial charge in [-0.05, 0) is 0 Å². The zero-order chi connectivity index (χ0) is 14.5. The number of anilines is 1. The smallest absolute Gasteiger partial charge is 0.161 e. The van der Waals surface area contributed by atoms with Crippen molar-refractivity contribution in [2.45, 2.75) is 6.10 Å². The van der Waals surface area contributed by atoms with Crippen LogP contribution in [-0.4, -0.2) is 55.5 Å². The molecular formula is C13H17F3N2O2. The van der Waals surface area contributed by atoms with Crippen LogP contribution in [0.25, 0.3) is 0 Å². The van der Waals surface area contributed by atoms with Gasteiger partial charge in [-0.3, -0.25) is 4.90 Å². The molecule has 0 radical (unpaired) electrons. The third kappa shape index (κ3) is 4.09. The van der Waals surface area contributed by atoms with Crippen LogP contribution in [0.4, 0.5) is 18.9 Å². The first kappa shape index (κ1) is 15.1. The Morgan fingerprint density at radius 1 is 1.15 bits per heavy atom. The molecule has 0 bridgehead atoms. The van der Waals surface area contributed by atoms with Crippen molar-refractivity contribution in [3.63, 3.8) is 0 Å². The number of aliphatic hydroxyl groups is 1. The predicted octanol–water partition coefficient (Wildman–Crippen LogP) is 1.21. The van der Waals surface area contributed by atoms with E-state index in [1.165, 1.54) is 0 Å². The minimum atomic E-state index is -1.23. The first-order valence-corrected chi connectivity index (χ1v) is 6.43. The largest absolute Gasteiger partial charge is 0.390 e. The average Bonchev–Trinajstić information content (AvgIpc) is 2.42. The van der Waals surface area contributed by atoms with Crippen molar-refractivity contribution >= 4 is 5.69 Å². The van der Waals surface area contributed by atoms with E-state index in [0.717, 1.165) is 19.2 Å². The van der Waals surface area contributed by atoms with E-state index in [9.17, 15) is 18.3 Å². The number of hydrogen-bond donors (Lipinski definition) is 2. The van der Waals surface area contributed by atoms with E-state index in [2.05, 4.69) is 5.32 Å². The monoisotopic (exact) mass is 290 g/mol. The molecule has 1 aliphatic rings. The van der Waals surface area contributed by atoms with Crippen molar-refractivity contribution in [1.29, 1.82) is 0 Å². The quantitative estimate of drug-likeness (QED) is 0.800. The van der Waals surface area contributed by atoms with Gasteiger partial charge in [0.2, 0.25) is 0 Å². The summed E-state index contributed by atoms with van der Waals surface area (Å²) in [6.07, 6.45) is -0.736. The van der Waals surface area contributed by atoms with Crippen LogP contribution in [0.2, 0.25) is 0 Å². The van der Waals surface area contributed by atoms with E-state index in [1.807, 2.05) is 4.90 Å². The van der Waals surface area contributed by atoms with Crippen LogP contribution in [0, 0.1) is 17.5 Å². The van der Waals surface area contributed by atoms with Gasteiger partial charge in [0.15, 0.2) is 11.6 Å². The molecule has 1 fully saturated rings. The van der Waals surface area contributed by atoms with Crippen molar-refractivity contribution in [1.82, 2.24) is 4.90 Å². The molecule has 1 aromatic rings. The van der Waals surface area contributed by atoms with Crippen LogP contribution in [0.1, 0.15) is 0 Å². The van der Waals surface area contributed by atoms with Crippen LogP contribution in [0.3, 0.4) is 0 Å². The van der Waals surface area contributed by atoms with Crippen molar-refractivity contribution in [3.8, 4) is 0 Å². The molecule has 0 amide bonds. The zero-order valence-corrected chi connectivity index (χ0v) is 10.9. The summed E-state index contributed by atoms with van der Waals surface area (Å²) in [7, 11) is 0. The van der Waals surface area contributed by atoms with Crippen LogP contribution in [0.5, 0.6) is 0 Å². The highest BCUT2D eigenvalue weighted by Crippen LogP contribution is 2.18. The van der Waals surface area contributed by atoms with E-state index < -0.39 is 23.6 Å². The molecule has 1 aromatic carbocycles. The Hall–Kier alpha value is -1.31. The fourth-order valence-electron chi connectivity index (χ4n) is 2.03. The number of nitrogens with one attached hydrogen (secondary N) is 1. The lowest BCUT2D eigenvalue weighted by atomic mass is 10.2.